The average Bonchev–Trinajstić information content (AvgIpc) is 2.30. The maximum absolute atomic E-state index is 12.0. The molecule has 0 aromatic rings. The van der Waals surface area contributed by atoms with Gasteiger partial charge in [-0.05, 0) is 12.8 Å². The lowest BCUT2D eigenvalue weighted by Crippen LogP contribution is -2.45. The molecule has 1 aliphatic carbocycles. The van der Waals surface area contributed by atoms with Gasteiger partial charge in [0.25, 0.3) is 0 Å². The van der Waals surface area contributed by atoms with Crippen LogP contribution in [0.5, 0.6) is 0 Å². The van der Waals surface area contributed by atoms with Gasteiger partial charge in [0, 0.05) is 19.0 Å². The highest BCUT2D eigenvalue weighted by Gasteiger charge is 2.29. The van der Waals surface area contributed by atoms with Crippen LogP contribution in [0, 0.1) is 5.92 Å². The third-order valence-electron chi connectivity index (χ3n) is 3.25. The third-order valence-corrected chi connectivity index (χ3v) is 3.25. The Kier molecular flexibility index (Phi) is 3.54. The van der Waals surface area contributed by atoms with Gasteiger partial charge in [0.2, 0.25) is 0 Å². The van der Waals surface area contributed by atoms with Crippen LogP contribution in [0.1, 0.15) is 32.1 Å². The molecule has 1 heterocycles. The fraction of sp³-hybridized carbons (Fsp3) is 0.909. The number of ketones is 1. The number of nitrogens with one attached hydrogen (secondary N) is 1. The topological polar surface area (TPSA) is 38.3 Å². The van der Waals surface area contributed by atoms with E-state index in [0.717, 1.165) is 25.9 Å². The van der Waals surface area contributed by atoms with Crippen molar-refractivity contribution in [2.75, 3.05) is 19.7 Å². The SMILES string of the molecule is O=C(C1CCCCC1)C1CNCCO1. The lowest BCUT2D eigenvalue weighted by Gasteiger charge is -2.28. The van der Waals surface area contributed by atoms with Gasteiger partial charge >= 0.3 is 0 Å². The summed E-state index contributed by atoms with van der Waals surface area (Å²) in [7, 11) is 0. The summed E-state index contributed by atoms with van der Waals surface area (Å²) in [6.45, 7) is 2.28. The lowest BCUT2D eigenvalue weighted by atomic mass is 9.84. The molecule has 0 aromatic carbocycles. The predicted molar refractivity (Wildman–Crippen MR) is 54.2 cm³/mol. The molecule has 80 valence electrons. The molecule has 0 radical (unpaired) electrons. The van der Waals surface area contributed by atoms with Crippen LogP contribution < -0.4 is 5.32 Å². The molecule has 1 atom stereocenters. The van der Waals surface area contributed by atoms with Crippen LogP contribution >= 0.6 is 0 Å². The number of hydrogen-bond donors (Lipinski definition) is 1. The summed E-state index contributed by atoms with van der Waals surface area (Å²) in [6, 6.07) is 0. The van der Waals surface area contributed by atoms with Gasteiger partial charge in [-0.1, -0.05) is 19.3 Å². The summed E-state index contributed by atoms with van der Waals surface area (Å²) in [6.07, 6.45) is 5.74. The van der Waals surface area contributed by atoms with Crippen LogP contribution in [0.4, 0.5) is 0 Å². The zero-order valence-electron chi connectivity index (χ0n) is 8.63. The molecule has 2 rings (SSSR count). The molecule has 1 aliphatic heterocycles. The van der Waals surface area contributed by atoms with Crippen molar-refractivity contribution < 1.29 is 9.53 Å². The highest BCUT2D eigenvalue weighted by Crippen LogP contribution is 2.26. The number of Topliss-reactive ketones (excluding diaryl/α,β-unsaturated/α-hetero) is 1. The second-order valence-corrected chi connectivity index (χ2v) is 4.30. The summed E-state index contributed by atoms with van der Waals surface area (Å²) < 4.78 is 5.48. The highest BCUT2D eigenvalue weighted by molar-refractivity contribution is 5.85. The van der Waals surface area contributed by atoms with E-state index in [9.17, 15) is 4.79 Å². The number of morpholine rings is 1. The number of carbonyl (C=O) groups is 1. The minimum absolute atomic E-state index is 0.160. The molecule has 1 unspecified atom stereocenters. The summed E-state index contributed by atoms with van der Waals surface area (Å²) in [5.74, 6) is 0.630. The van der Waals surface area contributed by atoms with Crippen molar-refractivity contribution in [1.82, 2.24) is 5.32 Å². The summed E-state index contributed by atoms with van der Waals surface area (Å²) in [5.41, 5.74) is 0. The zero-order chi connectivity index (χ0) is 9.80. The molecule has 2 aliphatic rings. The molecule has 0 aromatic heterocycles. The van der Waals surface area contributed by atoms with E-state index in [1.54, 1.807) is 0 Å². The van der Waals surface area contributed by atoms with E-state index in [4.69, 9.17) is 4.74 Å². The fourth-order valence-electron chi connectivity index (χ4n) is 2.40. The van der Waals surface area contributed by atoms with E-state index in [1.807, 2.05) is 0 Å². The van der Waals surface area contributed by atoms with Gasteiger partial charge in [-0.25, -0.2) is 0 Å². The average molecular weight is 197 g/mol. The molecule has 0 bridgehead atoms. The molecule has 2 fully saturated rings. The van der Waals surface area contributed by atoms with E-state index in [1.165, 1.54) is 19.3 Å². The molecule has 1 N–H and O–H groups in total. The molecule has 3 heteroatoms. The molecule has 0 spiro atoms. The minimum Gasteiger partial charge on any atom is -0.368 e. The van der Waals surface area contributed by atoms with Crippen molar-refractivity contribution in [2.24, 2.45) is 5.92 Å². The predicted octanol–water partition coefficient (Wildman–Crippen LogP) is 1.12. The molecule has 3 nitrogen and oxygen atoms in total. The van der Waals surface area contributed by atoms with E-state index < -0.39 is 0 Å². The smallest absolute Gasteiger partial charge is 0.165 e. The Balaban J connectivity index is 1.85. The maximum Gasteiger partial charge on any atom is 0.165 e. The normalized spacial score (nSPS) is 30.1. The molecule has 1 saturated heterocycles. The Morgan fingerprint density at radius 3 is 2.64 bits per heavy atom. The van der Waals surface area contributed by atoms with E-state index in [-0.39, 0.29) is 12.0 Å². The van der Waals surface area contributed by atoms with Gasteiger partial charge in [-0.3, -0.25) is 4.79 Å². The lowest BCUT2D eigenvalue weighted by molar-refractivity contribution is -0.137. The van der Waals surface area contributed by atoms with Crippen LogP contribution in [0.25, 0.3) is 0 Å². The van der Waals surface area contributed by atoms with E-state index in [2.05, 4.69) is 5.32 Å². The fourth-order valence-corrected chi connectivity index (χ4v) is 2.40. The number of carbonyl (C=O) groups excluding carboxylic acids is 1. The zero-order valence-corrected chi connectivity index (χ0v) is 8.63. The molecule has 1 saturated carbocycles. The second kappa shape index (κ2) is 4.89. The van der Waals surface area contributed by atoms with Crippen LogP contribution in [-0.2, 0) is 9.53 Å². The number of hydrogen-bond acceptors (Lipinski definition) is 3. The summed E-state index contributed by atoms with van der Waals surface area (Å²) in [4.78, 5) is 12.0. The van der Waals surface area contributed by atoms with Crippen molar-refractivity contribution in [2.45, 2.75) is 38.2 Å². The molecule has 0 amide bonds. The van der Waals surface area contributed by atoms with Crippen molar-refractivity contribution in [3.8, 4) is 0 Å². The first kappa shape index (κ1) is 10.1. The Morgan fingerprint density at radius 1 is 1.21 bits per heavy atom. The van der Waals surface area contributed by atoms with Gasteiger partial charge in [0.1, 0.15) is 6.10 Å². The Hall–Kier alpha value is -0.410. The van der Waals surface area contributed by atoms with Crippen LogP contribution in [0.3, 0.4) is 0 Å². The Morgan fingerprint density at radius 2 is 2.00 bits per heavy atom. The van der Waals surface area contributed by atoms with Crippen molar-refractivity contribution in [3.05, 3.63) is 0 Å². The molecule has 14 heavy (non-hydrogen) atoms. The van der Waals surface area contributed by atoms with E-state index >= 15 is 0 Å². The first-order valence-corrected chi connectivity index (χ1v) is 5.74. The number of rotatable bonds is 2. The van der Waals surface area contributed by atoms with Gasteiger partial charge in [-0.15, -0.1) is 0 Å². The standard InChI is InChI=1S/C11H19NO2/c13-11(9-4-2-1-3-5-9)10-8-12-6-7-14-10/h9-10,12H,1-8H2. The number of ether oxygens (including phenoxy) is 1. The summed E-state index contributed by atoms with van der Waals surface area (Å²) in [5, 5.41) is 3.21. The van der Waals surface area contributed by atoms with Gasteiger partial charge < -0.3 is 10.1 Å². The first-order chi connectivity index (χ1) is 6.88. The monoisotopic (exact) mass is 197 g/mol. The Labute approximate surface area is 85.2 Å². The van der Waals surface area contributed by atoms with Crippen LogP contribution in [0.15, 0.2) is 0 Å². The highest BCUT2D eigenvalue weighted by atomic mass is 16.5. The van der Waals surface area contributed by atoms with Gasteiger partial charge in [-0.2, -0.15) is 0 Å². The largest absolute Gasteiger partial charge is 0.368 e. The van der Waals surface area contributed by atoms with Gasteiger partial charge in [0.05, 0.1) is 6.61 Å². The van der Waals surface area contributed by atoms with Gasteiger partial charge in [0.15, 0.2) is 5.78 Å². The minimum atomic E-state index is -0.160. The van der Waals surface area contributed by atoms with Crippen molar-refractivity contribution in [3.63, 3.8) is 0 Å². The van der Waals surface area contributed by atoms with Crippen LogP contribution in [0.2, 0.25) is 0 Å². The third kappa shape index (κ3) is 2.34. The second-order valence-electron chi connectivity index (χ2n) is 4.30. The maximum atomic E-state index is 12.0. The quantitative estimate of drug-likeness (QED) is 0.721. The van der Waals surface area contributed by atoms with E-state index in [0.29, 0.717) is 12.4 Å². The van der Waals surface area contributed by atoms with Crippen molar-refractivity contribution in [1.29, 1.82) is 0 Å². The first-order valence-electron chi connectivity index (χ1n) is 5.74. The summed E-state index contributed by atoms with van der Waals surface area (Å²) >= 11 is 0. The molecular formula is C11H19NO2. The van der Waals surface area contributed by atoms with Crippen LogP contribution in [-0.4, -0.2) is 31.6 Å². The van der Waals surface area contributed by atoms with Crippen molar-refractivity contribution >= 4 is 5.78 Å². The Bertz CT molecular complexity index is 173. The molecular weight excluding hydrogens is 178 g/mol.